The summed E-state index contributed by atoms with van der Waals surface area (Å²) in [7, 11) is 3.14. The van der Waals surface area contributed by atoms with Crippen LogP contribution in [0.4, 0.5) is 0 Å². The van der Waals surface area contributed by atoms with E-state index in [1.54, 1.807) is 37.2 Å². The van der Waals surface area contributed by atoms with Crippen LogP contribution in [0.15, 0.2) is 50.6 Å². The zero-order valence-corrected chi connectivity index (χ0v) is 18.0. The molecule has 8 heteroatoms. The van der Waals surface area contributed by atoms with E-state index in [2.05, 4.69) is 11.2 Å². The van der Waals surface area contributed by atoms with E-state index >= 15 is 0 Å². The average Bonchev–Trinajstić information content (AvgIpc) is 3.30. The molecule has 0 atom stereocenters. The van der Waals surface area contributed by atoms with Crippen LogP contribution >= 0.6 is 11.8 Å². The van der Waals surface area contributed by atoms with Crippen molar-refractivity contribution in [3.05, 3.63) is 52.2 Å². The van der Waals surface area contributed by atoms with Gasteiger partial charge in [0.15, 0.2) is 16.7 Å². The Bertz CT molecular complexity index is 1110. The fourth-order valence-electron chi connectivity index (χ4n) is 3.67. The maximum Gasteiger partial charge on any atom is 0.262 e. The standard InChI is InChI=1S/C22H25N3O4S/c1-27-19-12-17-18(13-20(19)28-2)23-22(30-14-16-9-11-29-24-16)25(21(17)26)10-8-15-6-4-3-5-7-15/h6,9,11-13H,3-5,7-8,10,14H2,1-2H3. The zero-order valence-electron chi connectivity index (χ0n) is 17.2. The number of fused-ring (bicyclic) bond motifs is 1. The van der Waals surface area contributed by atoms with Gasteiger partial charge in [-0.1, -0.05) is 28.6 Å². The van der Waals surface area contributed by atoms with Gasteiger partial charge in [-0.3, -0.25) is 9.36 Å². The molecular weight excluding hydrogens is 402 g/mol. The highest BCUT2D eigenvalue weighted by Gasteiger charge is 2.16. The Morgan fingerprint density at radius 3 is 2.73 bits per heavy atom. The van der Waals surface area contributed by atoms with Gasteiger partial charge in [-0.2, -0.15) is 0 Å². The Kier molecular flexibility index (Phi) is 6.42. The first-order valence-corrected chi connectivity index (χ1v) is 11.0. The fourth-order valence-corrected chi connectivity index (χ4v) is 4.59. The van der Waals surface area contributed by atoms with Gasteiger partial charge in [0.25, 0.3) is 5.56 Å². The highest BCUT2D eigenvalue weighted by Crippen LogP contribution is 2.32. The van der Waals surface area contributed by atoms with Crippen molar-refractivity contribution in [2.75, 3.05) is 14.2 Å². The summed E-state index contributed by atoms with van der Waals surface area (Å²) in [4.78, 5) is 18.2. The molecule has 4 rings (SSSR count). The molecule has 0 amide bonds. The number of hydrogen-bond acceptors (Lipinski definition) is 7. The van der Waals surface area contributed by atoms with Gasteiger partial charge < -0.3 is 14.0 Å². The second-order valence-electron chi connectivity index (χ2n) is 7.21. The number of allylic oxidation sites excluding steroid dienone is 2. The lowest BCUT2D eigenvalue weighted by atomic mass is 9.97. The van der Waals surface area contributed by atoms with Crippen molar-refractivity contribution in [1.29, 1.82) is 0 Å². The molecule has 0 unspecified atom stereocenters. The predicted molar refractivity (Wildman–Crippen MR) is 116 cm³/mol. The van der Waals surface area contributed by atoms with Crippen molar-refractivity contribution < 1.29 is 14.0 Å². The number of thioether (sulfide) groups is 1. The van der Waals surface area contributed by atoms with Gasteiger partial charge in [0.2, 0.25) is 0 Å². The number of aromatic nitrogens is 3. The van der Waals surface area contributed by atoms with E-state index in [4.69, 9.17) is 19.0 Å². The summed E-state index contributed by atoms with van der Waals surface area (Å²) in [5.74, 6) is 1.65. The lowest BCUT2D eigenvalue weighted by Crippen LogP contribution is -2.24. The molecule has 2 heterocycles. The molecule has 0 saturated carbocycles. The molecule has 0 spiro atoms. The van der Waals surface area contributed by atoms with E-state index in [0.29, 0.717) is 39.9 Å². The van der Waals surface area contributed by atoms with Gasteiger partial charge in [-0.05, 0) is 38.2 Å². The Balaban J connectivity index is 1.73. The number of hydrogen-bond donors (Lipinski definition) is 0. The minimum Gasteiger partial charge on any atom is -0.493 e. The average molecular weight is 428 g/mol. The molecule has 30 heavy (non-hydrogen) atoms. The lowest BCUT2D eigenvalue weighted by Gasteiger charge is -2.17. The van der Waals surface area contributed by atoms with Gasteiger partial charge in [0, 0.05) is 24.4 Å². The number of methoxy groups -OCH3 is 2. The molecule has 3 aromatic rings. The summed E-state index contributed by atoms with van der Waals surface area (Å²) >= 11 is 1.48. The molecule has 0 N–H and O–H groups in total. The molecular formula is C22H25N3O4S. The molecule has 1 aliphatic rings. The van der Waals surface area contributed by atoms with E-state index in [1.807, 2.05) is 6.07 Å². The molecule has 0 saturated heterocycles. The smallest absolute Gasteiger partial charge is 0.262 e. The molecule has 1 aliphatic carbocycles. The maximum atomic E-state index is 13.4. The van der Waals surface area contributed by atoms with Crippen molar-refractivity contribution >= 4 is 22.7 Å². The van der Waals surface area contributed by atoms with Crippen molar-refractivity contribution in [2.45, 2.75) is 49.6 Å². The quantitative estimate of drug-likeness (QED) is 0.296. The minimum atomic E-state index is -0.0694. The SMILES string of the molecule is COc1cc2nc(SCc3ccon3)n(CCC3=CCCCC3)c(=O)c2cc1OC. The van der Waals surface area contributed by atoms with Crippen LogP contribution in [-0.2, 0) is 12.3 Å². The number of ether oxygens (including phenoxy) is 2. The summed E-state index contributed by atoms with van der Waals surface area (Å²) in [6, 6.07) is 5.28. The summed E-state index contributed by atoms with van der Waals surface area (Å²) in [6.45, 7) is 0.600. The molecule has 0 aliphatic heterocycles. The molecule has 0 radical (unpaired) electrons. The van der Waals surface area contributed by atoms with E-state index in [9.17, 15) is 4.79 Å². The number of benzene rings is 1. The van der Waals surface area contributed by atoms with Crippen LogP contribution < -0.4 is 15.0 Å². The summed E-state index contributed by atoms with van der Waals surface area (Å²) in [5.41, 5.74) is 2.75. The second kappa shape index (κ2) is 9.38. The molecule has 158 valence electrons. The van der Waals surface area contributed by atoms with Crippen molar-refractivity contribution in [1.82, 2.24) is 14.7 Å². The third kappa shape index (κ3) is 4.38. The van der Waals surface area contributed by atoms with Gasteiger partial charge in [0.05, 0.1) is 30.8 Å². The molecule has 0 fully saturated rings. The van der Waals surface area contributed by atoms with Crippen LogP contribution in [0.5, 0.6) is 11.5 Å². The van der Waals surface area contributed by atoms with Gasteiger partial charge in [0.1, 0.15) is 6.26 Å². The summed E-state index contributed by atoms with van der Waals surface area (Å²) in [6.07, 6.45) is 9.44. The van der Waals surface area contributed by atoms with E-state index in [0.717, 1.165) is 25.0 Å². The first kappa shape index (κ1) is 20.5. The minimum absolute atomic E-state index is 0.0694. The van der Waals surface area contributed by atoms with Crippen molar-refractivity contribution in [3.8, 4) is 11.5 Å². The second-order valence-corrected chi connectivity index (χ2v) is 8.16. The predicted octanol–water partition coefficient (Wildman–Crippen LogP) is 4.58. The molecule has 1 aromatic carbocycles. The van der Waals surface area contributed by atoms with Crippen LogP contribution in [0, 0.1) is 0 Å². The third-order valence-corrected chi connectivity index (χ3v) is 6.32. The molecule has 2 aromatic heterocycles. The first-order valence-electron chi connectivity index (χ1n) is 10.1. The van der Waals surface area contributed by atoms with Crippen LogP contribution in [0.25, 0.3) is 10.9 Å². The Morgan fingerprint density at radius 1 is 1.20 bits per heavy atom. The Morgan fingerprint density at radius 2 is 2.03 bits per heavy atom. The highest BCUT2D eigenvalue weighted by molar-refractivity contribution is 7.98. The maximum absolute atomic E-state index is 13.4. The summed E-state index contributed by atoms with van der Waals surface area (Å²) < 4.78 is 17.5. The van der Waals surface area contributed by atoms with Crippen LogP contribution in [0.2, 0.25) is 0 Å². The van der Waals surface area contributed by atoms with Crippen molar-refractivity contribution in [3.63, 3.8) is 0 Å². The normalized spacial score (nSPS) is 14.0. The highest BCUT2D eigenvalue weighted by atomic mass is 32.2. The zero-order chi connectivity index (χ0) is 20.9. The van der Waals surface area contributed by atoms with Crippen LogP contribution in [0.3, 0.4) is 0 Å². The van der Waals surface area contributed by atoms with E-state index < -0.39 is 0 Å². The fraction of sp³-hybridized carbons (Fsp3) is 0.409. The van der Waals surface area contributed by atoms with E-state index in [1.165, 1.54) is 30.2 Å². The van der Waals surface area contributed by atoms with Crippen LogP contribution in [0.1, 0.15) is 37.8 Å². The van der Waals surface area contributed by atoms with Gasteiger partial charge >= 0.3 is 0 Å². The molecule has 0 bridgehead atoms. The lowest BCUT2D eigenvalue weighted by molar-refractivity contribution is 0.355. The Labute approximate surface area is 179 Å². The van der Waals surface area contributed by atoms with Crippen LogP contribution in [-0.4, -0.2) is 28.9 Å². The number of rotatable bonds is 8. The van der Waals surface area contributed by atoms with Gasteiger partial charge in [-0.15, -0.1) is 0 Å². The van der Waals surface area contributed by atoms with Gasteiger partial charge in [-0.25, -0.2) is 4.98 Å². The van der Waals surface area contributed by atoms with Crippen molar-refractivity contribution in [2.24, 2.45) is 0 Å². The molecule has 7 nitrogen and oxygen atoms in total. The largest absolute Gasteiger partial charge is 0.493 e. The number of nitrogens with zero attached hydrogens (tertiary/aromatic N) is 3. The first-order chi connectivity index (χ1) is 14.7. The Hall–Kier alpha value is -2.74. The van der Waals surface area contributed by atoms with E-state index in [-0.39, 0.29) is 5.56 Å². The topological polar surface area (TPSA) is 79.4 Å². The summed E-state index contributed by atoms with van der Waals surface area (Å²) in [5, 5.41) is 5.15. The third-order valence-electron chi connectivity index (χ3n) is 5.31. The monoisotopic (exact) mass is 427 g/mol.